The summed E-state index contributed by atoms with van der Waals surface area (Å²) < 4.78 is 5.54. The Morgan fingerprint density at radius 2 is 2.12 bits per heavy atom. The molecule has 2 aliphatic rings. The van der Waals surface area contributed by atoms with Crippen molar-refractivity contribution in [3.05, 3.63) is 41.7 Å². The maximum absolute atomic E-state index is 12.8. The molecule has 1 saturated heterocycles. The average molecular weight is 353 g/mol. The summed E-state index contributed by atoms with van der Waals surface area (Å²) in [7, 11) is 0. The molecule has 0 aliphatic carbocycles. The lowest BCUT2D eigenvalue weighted by Crippen LogP contribution is -2.40. The highest BCUT2D eigenvalue weighted by Gasteiger charge is 2.27. The van der Waals surface area contributed by atoms with E-state index in [2.05, 4.69) is 17.0 Å². The van der Waals surface area contributed by atoms with Gasteiger partial charge in [-0.25, -0.2) is 0 Å². The summed E-state index contributed by atoms with van der Waals surface area (Å²) in [5.41, 5.74) is 3.00. The molecule has 2 aliphatic heterocycles. The van der Waals surface area contributed by atoms with Crippen LogP contribution in [0, 0.1) is 5.92 Å². The molecule has 26 heavy (non-hydrogen) atoms. The van der Waals surface area contributed by atoms with E-state index in [-0.39, 0.29) is 5.91 Å². The van der Waals surface area contributed by atoms with Gasteiger partial charge < -0.3 is 14.3 Å². The molecule has 1 fully saturated rings. The first kappa shape index (κ1) is 17.3. The van der Waals surface area contributed by atoms with Crippen LogP contribution in [0.2, 0.25) is 0 Å². The first-order valence-corrected chi connectivity index (χ1v) is 9.73. The highest BCUT2D eigenvalue weighted by molar-refractivity contribution is 5.77. The van der Waals surface area contributed by atoms with Gasteiger partial charge in [-0.15, -0.1) is 0 Å². The summed E-state index contributed by atoms with van der Waals surface area (Å²) in [6.45, 7) is 6.77. The number of carbonyl (C=O) groups excluding carboxylic acids is 1. The summed E-state index contributed by atoms with van der Waals surface area (Å²) in [5.74, 6) is 1.92. The molecule has 0 spiro atoms. The predicted molar refractivity (Wildman–Crippen MR) is 101 cm³/mol. The van der Waals surface area contributed by atoms with E-state index in [1.807, 2.05) is 35.2 Å². The molecule has 5 heteroatoms. The lowest BCUT2D eigenvalue weighted by molar-refractivity contribution is -0.132. The minimum atomic E-state index is 0.245. The van der Waals surface area contributed by atoms with Gasteiger partial charge in [-0.3, -0.25) is 4.79 Å². The third kappa shape index (κ3) is 3.68. The fraction of sp³-hybridized carbons (Fsp3) is 0.524. The van der Waals surface area contributed by atoms with Crippen LogP contribution in [0.5, 0.6) is 0 Å². The Morgan fingerprint density at radius 1 is 1.27 bits per heavy atom. The van der Waals surface area contributed by atoms with E-state index >= 15 is 0 Å². The number of rotatable bonds is 4. The van der Waals surface area contributed by atoms with Gasteiger partial charge in [0, 0.05) is 43.6 Å². The van der Waals surface area contributed by atoms with Crippen molar-refractivity contribution >= 4 is 5.91 Å². The molecule has 0 radical (unpaired) electrons. The Bertz CT molecular complexity index is 756. The van der Waals surface area contributed by atoms with E-state index in [4.69, 9.17) is 4.52 Å². The van der Waals surface area contributed by atoms with Crippen LogP contribution in [0.1, 0.15) is 37.5 Å². The fourth-order valence-corrected chi connectivity index (χ4v) is 4.15. The molecule has 4 rings (SSSR count). The highest BCUT2D eigenvalue weighted by atomic mass is 16.5. The van der Waals surface area contributed by atoms with Gasteiger partial charge in [-0.05, 0) is 25.3 Å². The van der Waals surface area contributed by atoms with E-state index in [0.29, 0.717) is 13.0 Å². The number of amides is 1. The maximum Gasteiger partial charge on any atom is 0.224 e. The zero-order valence-electron chi connectivity index (χ0n) is 15.5. The zero-order chi connectivity index (χ0) is 17.9. The number of benzene rings is 1. The largest absolute Gasteiger partial charge is 0.360 e. The van der Waals surface area contributed by atoms with Crippen LogP contribution in [0.15, 0.2) is 34.9 Å². The number of likely N-dealkylation sites (tertiary alicyclic amines) is 1. The molecule has 0 saturated carbocycles. The second kappa shape index (κ2) is 7.62. The van der Waals surface area contributed by atoms with E-state index in [0.717, 1.165) is 61.1 Å². The maximum atomic E-state index is 12.8. The quantitative estimate of drug-likeness (QED) is 0.846. The molecular weight excluding hydrogens is 326 g/mol. The molecule has 5 nitrogen and oxygen atoms in total. The van der Waals surface area contributed by atoms with Crippen LogP contribution in [0.3, 0.4) is 0 Å². The number of carbonyl (C=O) groups is 1. The molecule has 1 amide bonds. The zero-order valence-corrected chi connectivity index (χ0v) is 15.5. The molecule has 1 atom stereocenters. The lowest BCUT2D eigenvalue weighted by Gasteiger charge is -2.32. The predicted octanol–water partition coefficient (Wildman–Crippen LogP) is 3.35. The summed E-state index contributed by atoms with van der Waals surface area (Å²) >= 11 is 0. The monoisotopic (exact) mass is 353 g/mol. The normalized spacial score (nSPS) is 20.8. The minimum absolute atomic E-state index is 0.245. The Morgan fingerprint density at radius 3 is 2.92 bits per heavy atom. The third-order valence-electron chi connectivity index (χ3n) is 5.61. The second-order valence-electron chi connectivity index (χ2n) is 7.66. The van der Waals surface area contributed by atoms with Gasteiger partial charge in [-0.2, -0.15) is 0 Å². The number of fused-ring (bicyclic) bond motifs is 1. The van der Waals surface area contributed by atoms with Crippen molar-refractivity contribution in [2.24, 2.45) is 5.92 Å². The SMILES string of the molecule is C[C@H]1CCCN(CCC(=O)N2CCc3onc(-c4ccccc4)c3C2)C1. The minimum Gasteiger partial charge on any atom is -0.360 e. The van der Waals surface area contributed by atoms with E-state index in [1.54, 1.807) is 0 Å². The first-order chi connectivity index (χ1) is 12.7. The van der Waals surface area contributed by atoms with Crippen molar-refractivity contribution in [3.63, 3.8) is 0 Å². The molecule has 2 aromatic rings. The van der Waals surface area contributed by atoms with Gasteiger partial charge in [0.2, 0.25) is 5.91 Å². The lowest BCUT2D eigenvalue weighted by atomic mass is 10.00. The van der Waals surface area contributed by atoms with Gasteiger partial charge in [-0.1, -0.05) is 42.4 Å². The van der Waals surface area contributed by atoms with Crippen LogP contribution in [-0.4, -0.2) is 47.0 Å². The van der Waals surface area contributed by atoms with Gasteiger partial charge in [0.05, 0.1) is 6.54 Å². The van der Waals surface area contributed by atoms with Crippen LogP contribution in [0.4, 0.5) is 0 Å². The highest BCUT2D eigenvalue weighted by Crippen LogP contribution is 2.30. The number of hydrogen-bond donors (Lipinski definition) is 0. The molecule has 1 aromatic heterocycles. The number of nitrogens with zero attached hydrogens (tertiary/aromatic N) is 3. The smallest absolute Gasteiger partial charge is 0.224 e. The van der Waals surface area contributed by atoms with Crippen LogP contribution in [0.25, 0.3) is 11.3 Å². The van der Waals surface area contributed by atoms with Crippen molar-refractivity contribution in [2.75, 3.05) is 26.2 Å². The van der Waals surface area contributed by atoms with Gasteiger partial charge in [0.25, 0.3) is 0 Å². The summed E-state index contributed by atoms with van der Waals surface area (Å²) in [4.78, 5) is 17.2. The number of piperidine rings is 1. The average Bonchev–Trinajstić information content (AvgIpc) is 3.10. The van der Waals surface area contributed by atoms with Crippen molar-refractivity contribution in [2.45, 2.75) is 39.2 Å². The Hall–Kier alpha value is -2.14. The third-order valence-corrected chi connectivity index (χ3v) is 5.61. The molecule has 0 bridgehead atoms. The van der Waals surface area contributed by atoms with Gasteiger partial charge >= 0.3 is 0 Å². The Kier molecular flexibility index (Phi) is 5.07. The van der Waals surface area contributed by atoms with Crippen LogP contribution < -0.4 is 0 Å². The second-order valence-corrected chi connectivity index (χ2v) is 7.66. The van der Waals surface area contributed by atoms with Crippen LogP contribution >= 0.6 is 0 Å². The number of aromatic nitrogens is 1. The fourth-order valence-electron chi connectivity index (χ4n) is 4.15. The van der Waals surface area contributed by atoms with Crippen molar-refractivity contribution in [3.8, 4) is 11.3 Å². The summed E-state index contributed by atoms with van der Waals surface area (Å²) in [6, 6.07) is 10.1. The van der Waals surface area contributed by atoms with Crippen molar-refractivity contribution in [1.82, 2.24) is 15.0 Å². The Labute approximate surface area is 155 Å². The van der Waals surface area contributed by atoms with Crippen molar-refractivity contribution in [1.29, 1.82) is 0 Å². The van der Waals surface area contributed by atoms with Gasteiger partial charge in [0.1, 0.15) is 11.5 Å². The van der Waals surface area contributed by atoms with E-state index < -0.39 is 0 Å². The molecule has 0 N–H and O–H groups in total. The molecule has 138 valence electrons. The summed E-state index contributed by atoms with van der Waals surface area (Å²) in [6.07, 6.45) is 3.92. The summed E-state index contributed by atoms with van der Waals surface area (Å²) in [5, 5.41) is 4.27. The molecular formula is C21H27N3O2. The standard InChI is InChI=1S/C21H27N3O2/c1-16-6-5-11-23(14-16)12-10-20(25)24-13-9-19-18(15-24)21(22-26-19)17-7-3-2-4-8-17/h2-4,7-8,16H,5-6,9-15H2,1H3/t16-/m0/s1. The van der Waals surface area contributed by atoms with E-state index in [9.17, 15) is 4.79 Å². The van der Waals surface area contributed by atoms with Crippen LogP contribution in [-0.2, 0) is 17.8 Å². The number of hydrogen-bond acceptors (Lipinski definition) is 4. The Balaban J connectivity index is 1.40. The van der Waals surface area contributed by atoms with Gasteiger partial charge in [0.15, 0.2) is 0 Å². The van der Waals surface area contributed by atoms with Crippen molar-refractivity contribution < 1.29 is 9.32 Å². The molecule has 3 heterocycles. The molecule has 1 aromatic carbocycles. The topological polar surface area (TPSA) is 49.6 Å². The van der Waals surface area contributed by atoms with E-state index in [1.165, 1.54) is 12.8 Å². The molecule has 0 unspecified atom stereocenters. The first-order valence-electron chi connectivity index (χ1n) is 9.73.